The van der Waals surface area contributed by atoms with Gasteiger partial charge in [0.15, 0.2) is 5.78 Å². The first-order valence-electron chi connectivity index (χ1n) is 7.50. The molecular formula is C16H24N2O3. The lowest BCUT2D eigenvalue weighted by atomic mass is 9.77. The molecule has 1 amide bonds. The number of aliphatic hydroxyl groups is 1. The van der Waals surface area contributed by atoms with Crippen molar-refractivity contribution in [3.05, 3.63) is 23.5 Å². The molecule has 0 aliphatic carbocycles. The molecule has 0 saturated carbocycles. The number of hydrogen-bond acceptors (Lipinski definition) is 3. The topological polar surface area (TPSA) is 62.5 Å². The molecule has 0 spiro atoms. The van der Waals surface area contributed by atoms with E-state index in [0.717, 1.165) is 19.3 Å². The lowest BCUT2D eigenvalue weighted by molar-refractivity contribution is 0.0332. The largest absolute Gasteiger partial charge is 0.396 e. The van der Waals surface area contributed by atoms with E-state index in [1.165, 1.54) is 6.92 Å². The van der Waals surface area contributed by atoms with E-state index in [4.69, 9.17) is 0 Å². The van der Waals surface area contributed by atoms with Crippen LogP contribution in [0.15, 0.2) is 12.3 Å². The number of aryl methyl sites for hydroxylation is 1. The minimum absolute atomic E-state index is 0.0322. The summed E-state index contributed by atoms with van der Waals surface area (Å²) in [7, 11) is 1.79. The van der Waals surface area contributed by atoms with Crippen molar-refractivity contribution in [2.75, 3.05) is 19.7 Å². The Hall–Kier alpha value is -1.62. The van der Waals surface area contributed by atoms with Crippen LogP contribution in [-0.2, 0) is 7.05 Å². The number of amides is 1. The van der Waals surface area contributed by atoms with Crippen molar-refractivity contribution < 1.29 is 14.7 Å². The summed E-state index contributed by atoms with van der Waals surface area (Å²) in [5, 5.41) is 9.55. The van der Waals surface area contributed by atoms with Gasteiger partial charge >= 0.3 is 0 Å². The van der Waals surface area contributed by atoms with Gasteiger partial charge in [0.1, 0.15) is 5.69 Å². The van der Waals surface area contributed by atoms with E-state index in [9.17, 15) is 14.7 Å². The first kappa shape index (κ1) is 15.8. The summed E-state index contributed by atoms with van der Waals surface area (Å²) in [6.45, 7) is 5.09. The number of likely N-dealkylation sites (tertiary alicyclic amines) is 1. The summed E-state index contributed by atoms with van der Waals surface area (Å²) < 4.78 is 1.72. The molecule has 0 bridgehead atoms. The van der Waals surface area contributed by atoms with E-state index >= 15 is 0 Å². The van der Waals surface area contributed by atoms with Crippen LogP contribution in [-0.4, -0.2) is 46.0 Å². The van der Waals surface area contributed by atoms with E-state index in [1.54, 1.807) is 23.9 Å². The number of ketones is 1. The van der Waals surface area contributed by atoms with Gasteiger partial charge in [-0.1, -0.05) is 6.92 Å². The fourth-order valence-corrected chi connectivity index (χ4v) is 2.94. The molecule has 1 fully saturated rings. The highest BCUT2D eigenvalue weighted by molar-refractivity contribution is 5.99. The molecule has 5 heteroatoms. The highest BCUT2D eigenvalue weighted by atomic mass is 16.3. The minimum Gasteiger partial charge on any atom is -0.396 e. The summed E-state index contributed by atoms with van der Waals surface area (Å²) in [4.78, 5) is 25.8. The molecule has 1 aliphatic rings. The van der Waals surface area contributed by atoms with Gasteiger partial charge in [-0.3, -0.25) is 9.59 Å². The van der Waals surface area contributed by atoms with Crippen molar-refractivity contribution in [3.63, 3.8) is 0 Å². The number of aromatic nitrogens is 1. The Bertz CT molecular complexity index is 534. The predicted molar refractivity (Wildman–Crippen MR) is 80.4 cm³/mol. The van der Waals surface area contributed by atoms with E-state index in [-0.39, 0.29) is 23.7 Å². The lowest BCUT2D eigenvalue weighted by Crippen LogP contribution is -2.44. The molecule has 1 aromatic rings. The van der Waals surface area contributed by atoms with Gasteiger partial charge in [0.25, 0.3) is 5.91 Å². The van der Waals surface area contributed by atoms with Crippen LogP contribution in [0.5, 0.6) is 0 Å². The second-order valence-corrected chi connectivity index (χ2v) is 6.08. The third kappa shape index (κ3) is 3.02. The van der Waals surface area contributed by atoms with Gasteiger partial charge in [-0.2, -0.15) is 0 Å². The van der Waals surface area contributed by atoms with Crippen LogP contribution in [0, 0.1) is 5.41 Å². The second-order valence-electron chi connectivity index (χ2n) is 6.08. The molecule has 1 aliphatic heterocycles. The third-order valence-electron chi connectivity index (χ3n) is 4.83. The number of piperidine rings is 1. The van der Waals surface area contributed by atoms with Gasteiger partial charge < -0.3 is 14.6 Å². The van der Waals surface area contributed by atoms with Crippen LogP contribution in [0.3, 0.4) is 0 Å². The van der Waals surface area contributed by atoms with Gasteiger partial charge in [0.05, 0.1) is 0 Å². The van der Waals surface area contributed by atoms with E-state index in [0.29, 0.717) is 24.3 Å². The molecule has 0 unspecified atom stereocenters. The molecular weight excluding hydrogens is 268 g/mol. The summed E-state index contributed by atoms with van der Waals surface area (Å²) in [5.41, 5.74) is 1.08. The van der Waals surface area contributed by atoms with Gasteiger partial charge in [-0.15, -0.1) is 0 Å². The predicted octanol–water partition coefficient (Wildman–Crippen LogP) is 1.85. The highest BCUT2D eigenvalue weighted by Crippen LogP contribution is 2.34. The van der Waals surface area contributed by atoms with Crippen LogP contribution in [0.2, 0.25) is 0 Å². The number of Topliss-reactive ketones (excluding diaryl/α,β-unsaturated/α-hetero) is 1. The molecule has 2 heterocycles. The van der Waals surface area contributed by atoms with Crippen LogP contribution in [0.1, 0.15) is 54.0 Å². The van der Waals surface area contributed by atoms with Crippen molar-refractivity contribution in [1.29, 1.82) is 0 Å². The summed E-state index contributed by atoms with van der Waals surface area (Å²) in [6.07, 6.45) is 4.29. The van der Waals surface area contributed by atoms with Gasteiger partial charge in [-0.25, -0.2) is 0 Å². The maximum Gasteiger partial charge on any atom is 0.270 e. The van der Waals surface area contributed by atoms with E-state index < -0.39 is 0 Å². The molecule has 116 valence electrons. The molecule has 0 atom stereocenters. The van der Waals surface area contributed by atoms with Crippen LogP contribution < -0.4 is 0 Å². The number of hydrogen-bond donors (Lipinski definition) is 1. The Morgan fingerprint density at radius 2 is 1.95 bits per heavy atom. The zero-order valence-electron chi connectivity index (χ0n) is 13.1. The fraction of sp³-hybridized carbons (Fsp3) is 0.625. The highest BCUT2D eigenvalue weighted by Gasteiger charge is 2.34. The van der Waals surface area contributed by atoms with Gasteiger partial charge in [0, 0.05) is 38.5 Å². The van der Waals surface area contributed by atoms with Crippen molar-refractivity contribution >= 4 is 11.7 Å². The lowest BCUT2D eigenvalue weighted by Gasteiger charge is -2.40. The Morgan fingerprint density at radius 1 is 1.33 bits per heavy atom. The van der Waals surface area contributed by atoms with Crippen LogP contribution in [0.25, 0.3) is 0 Å². The first-order chi connectivity index (χ1) is 9.92. The van der Waals surface area contributed by atoms with E-state index in [1.807, 2.05) is 4.90 Å². The smallest absolute Gasteiger partial charge is 0.270 e. The monoisotopic (exact) mass is 292 g/mol. The van der Waals surface area contributed by atoms with Gasteiger partial charge in [0.2, 0.25) is 0 Å². The number of nitrogens with zero attached hydrogens (tertiary/aromatic N) is 2. The third-order valence-corrected chi connectivity index (χ3v) is 4.83. The maximum atomic E-state index is 12.6. The molecule has 0 aromatic carbocycles. The maximum absolute atomic E-state index is 12.6. The molecule has 2 rings (SSSR count). The zero-order chi connectivity index (χ0) is 15.6. The van der Waals surface area contributed by atoms with Crippen LogP contribution >= 0.6 is 0 Å². The number of aliphatic hydroxyl groups excluding tert-OH is 1. The summed E-state index contributed by atoms with van der Waals surface area (Å²) >= 11 is 0. The molecule has 5 nitrogen and oxygen atoms in total. The first-order valence-corrected chi connectivity index (χ1v) is 7.50. The Kier molecular flexibility index (Phi) is 4.52. The summed E-state index contributed by atoms with van der Waals surface area (Å²) in [5.74, 6) is -0.0683. The SMILES string of the molecule is CCC1(CO)CCN(C(=O)c2cc(C(C)=O)cn2C)CC1. The van der Waals surface area contributed by atoms with E-state index in [2.05, 4.69) is 6.92 Å². The quantitative estimate of drug-likeness (QED) is 0.862. The number of rotatable bonds is 4. The average molecular weight is 292 g/mol. The molecule has 1 N–H and O–H groups in total. The normalized spacial score (nSPS) is 17.8. The molecule has 1 saturated heterocycles. The van der Waals surface area contributed by atoms with Crippen LogP contribution in [0.4, 0.5) is 0 Å². The van der Waals surface area contributed by atoms with Crippen molar-refractivity contribution in [2.45, 2.75) is 33.1 Å². The summed E-state index contributed by atoms with van der Waals surface area (Å²) in [6, 6.07) is 1.67. The number of carbonyl (C=O) groups excluding carboxylic acids is 2. The minimum atomic E-state index is -0.0346. The fourth-order valence-electron chi connectivity index (χ4n) is 2.94. The zero-order valence-corrected chi connectivity index (χ0v) is 13.1. The number of carbonyl (C=O) groups is 2. The Balaban J connectivity index is 2.10. The van der Waals surface area contributed by atoms with Gasteiger partial charge in [-0.05, 0) is 37.7 Å². The second kappa shape index (κ2) is 6.02. The van der Waals surface area contributed by atoms with Crippen molar-refractivity contribution in [3.8, 4) is 0 Å². The average Bonchev–Trinajstić information content (AvgIpc) is 2.89. The molecule has 1 aromatic heterocycles. The Morgan fingerprint density at radius 3 is 2.38 bits per heavy atom. The van der Waals surface area contributed by atoms with Crippen molar-refractivity contribution in [2.24, 2.45) is 12.5 Å². The standard InChI is InChI=1S/C16H24N2O3/c1-4-16(11-19)5-7-18(8-6-16)15(21)14-9-13(12(2)20)10-17(14)3/h9-10,19H,4-8,11H2,1-3H3. The Labute approximate surface area is 125 Å². The molecule has 21 heavy (non-hydrogen) atoms. The van der Waals surface area contributed by atoms with Crippen molar-refractivity contribution in [1.82, 2.24) is 9.47 Å². The molecule has 0 radical (unpaired) electrons.